The zero-order valence-corrected chi connectivity index (χ0v) is 22.3. The molecule has 0 unspecified atom stereocenters. The first kappa shape index (κ1) is 29.0. The Morgan fingerprint density at radius 1 is 0.793 bits per heavy atom. The van der Waals surface area contributed by atoms with Gasteiger partial charge in [-0.3, -0.25) is 4.79 Å². The van der Waals surface area contributed by atoms with Gasteiger partial charge in [0.25, 0.3) is 0 Å². The summed E-state index contributed by atoms with van der Waals surface area (Å²) in [6, 6.07) is 1.62. The van der Waals surface area contributed by atoms with E-state index >= 15 is 0 Å². The van der Waals surface area contributed by atoms with Crippen molar-refractivity contribution in [2.24, 2.45) is 0 Å². The summed E-state index contributed by atoms with van der Waals surface area (Å²) in [5.74, 6) is 0.673. The average Bonchev–Trinajstić information content (AvgIpc) is 2.58. The second-order valence-electron chi connectivity index (χ2n) is 8.59. The standard InChI is InChI=1S/C22H45N2O3PS/c1-16(2)21(11)22(25)29-15-14-26-12-13-27-28(23(17(3)4)18(5)6)24(19(7)8)20(9)10/h17-20H,12-15H2,1-11H3. The molecule has 0 bridgehead atoms. The summed E-state index contributed by atoms with van der Waals surface area (Å²) >= 11 is 1.33. The summed E-state index contributed by atoms with van der Waals surface area (Å²) in [5.41, 5.74) is 1.92. The Kier molecular flexibility index (Phi) is 15.0. The van der Waals surface area contributed by atoms with Crippen molar-refractivity contribution >= 4 is 25.3 Å². The first-order chi connectivity index (χ1) is 13.4. The number of allylic oxidation sites excluding steroid dienone is 1. The molecule has 0 aliphatic rings. The van der Waals surface area contributed by atoms with E-state index in [4.69, 9.17) is 9.26 Å². The Morgan fingerprint density at radius 2 is 1.24 bits per heavy atom. The van der Waals surface area contributed by atoms with E-state index in [0.717, 1.165) is 11.1 Å². The van der Waals surface area contributed by atoms with Gasteiger partial charge in [0.05, 0.1) is 19.8 Å². The molecule has 0 amide bonds. The van der Waals surface area contributed by atoms with Gasteiger partial charge in [-0.1, -0.05) is 17.3 Å². The minimum atomic E-state index is -0.875. The number of thioether (sulfide) groups is 1. The first-order valence-electron chi connectivity index (χ1n) is 10.8. The SMILES string of the molecule is CC(C)=C(C)C(=O)SCCOCCOP(N(C(C)C)C(C)C)N(C(C)C)C(C)C. The van der Waals surface area contributed by atoms with Crippen molar-refractivity contribution in [2.45, 2.75) is 100 Å². The van der Waals surface area contributed by atoms with E-state index in [-0.39, 0.29) is 5.12 Å². The van der Waals surface area contributed by atoms with Crippen LogP contribution in [0.2, 0.25) is 0 Å². The lowest BCUT2D eigenvalue weighted by molar-refractivity contribution is -0.107. The Hall–Kier alpha value is 0.0300. The van der Waals surface area contributed by atoms with Crippen molar-refractivity contribution in [3.05, 3.63) is 11.1 Å². The van der Waals surface area contributed by atoms with Gasteiger partial charge in [0, 0.05) is 35.5 Å². The molecule has 0 radical (unpaired) electrons. The summed E-state index contributed by atoms with van der Waals surface area (Å²) < 4.78 is 17.1. The van der Waals surface area contributed by atoms with E-state index in [9.17, 15) is 4.79 Å². The maximum atomic E-state index is 12.0. The van der Waals surface area contributed by atoms with Crippen LogP contribution in [-0.4, -0.2) is 64.2 Å². The van der Waals surface area contributed by atoms with E-state index in [0.29, 0.717) is 49.7 Å². The van der Waals surface area contributed by atoms with Crippen molar-refractivity contribution in [2.75, 3.05) is 25.6 Å². The van der Waals surface area contributed by atoms with Crippen LogP contribution in [-0.2, 0) is 14.1 Å². The molecule has 0 aliphatic heterocycles. The fourth-order valence-corrected chi connectivity index (χ4v) is 6.15. The molecule has 5 nitrogen and oxygen atoms in total. The van der Waals surface area contributed by atoms with Crippen LogP contribution >= 0.6 is 20.2 Å². The molecule has 29 heavy (non-hydrogen) atoms. The molecule has 0 spiro atoms. The number of hydrogen-bond acceptors (Lipinski definition) is 6. The Labute approximate surface area is 185 Å². The van der Waals surface area contributed by atoms with Crippen molar-refractivity contribution in [3.63, 3.8) is 0 Å². The highest BCUT2D eigenvalue weighted by molar-refractivity contribution is 8.14. The van der Waals surface area contributed by atoms with E-state index in [1.165, 1.54) is 11.8 Å². The van der Waals surface area contributed by atoms with Crippen LogP contribution in [0.15, 0.2) is 11.1 Å². The molecule has 0 aromatic heterocycles. The molecule has 0 N–H and O–H groups in total. The second kappa shape index (κ2) is 14.9. The van der Waals surface area contributed by atoms with Gasteiger partial charge in [0.1, 0.15) is 0 Å². The van der Waals surface area contributed by atoms with Crippen molar-refractivity contribution in [1.82, 2.24) is 9.34 Å². The largest absolute Gasteiger partial charge is 0.378 e. The highest BCUT2D eigenvalue weighted by atomic mass is 32.2. The fraction of sp³-hybridized carbons (Fsp3) is 0.864. The van der Waals surface area contributed by atoms with Crippen LogP contribution in [0.25, 0.3) is 0 Å². The molecule has 7 heteroatoms. The van der Waals surface area contributed by atoms with Crippen LogP contribution in [0.1, 0.15) is 76.2 Å². The van der Waals surface area contributed by atoms with Crippen molar-refractivity contribution < 1.29 is 14.1 Å². The molecule has 0 heterocycles. The molecular weight excluding hydrogens is 403 g/mol. The molecule has 0 atom stereocenters. The molecule has 0 aromatic rings. The summed E-state index contributed by atoms with van der Waals surface area (Å²) in [6.07, 6.45) is 0. The lowest BCUT2D eigenvalue weighted by Gasteiger charge is -2.45. The number of ether oxygens (including phenoxy) is 1. The van der Waals surface area contributed by atoms with E-state index < -0.39 is 8.45 Å². The van der Waals surface area contributed by atoms with Crippen molar-refractivity contribution in [3.8, 4) is 0 Å². The number of carbonyl (C=O) groups is 1. The Bertz CT molecular complexity index is 470. The Morgan fingerprint density at radius 3 is 1.62 bits per heavy atom. The molecule has 172 valence electrons. The van der Waals surface area contributed by atoms with Gasteiger partial charge in [-0.15, -0.1) is 0 Å². The number of hydrogen-bond donors (Lipinski definition) is 0. The van der Waals surface area contributed by atoms with E-state index in [1.807, 2.05) is 20.8 Å². The summed E-state index contributed by atoms with van der Waals surface area (Å²) in [7, 11) is -0.875. The molecule has 0 fully saturated rings. The van der Waals surface area contributed by atoms with Crippen LogP contribution in [0.4, 0.5) is 0 Å². The van der Waals surface area contributed by atoms with Crippen LogP contribution in [0.3, 0.4) is 0 Å². The van der Waals surface area contributed by atoms with E-state index in [2.05, 4.69) is 64.7 Å². The predicted molar refractivity (Wildman–Crippen MR) is 129 cm³/mol. The van der Waals surface area contributed by atoms with Gasteiger partial charge in [-0.25, -0.2) is 9.34 Å². The third-order valence-corrected chi connectivity index (χ3v) is 8.45. The van der Waals surface area contributed by atoms with Crippen LogP contribution in [0.5, 0.6) is 0 Å². The second-order valence-corrected chi connectivity index (χ2v) is 11.3. The molecule has 0 aliphatic carbocycles. The molecule has 0 rings (SSSR count). The minimum Gasteiger partial charge on any atom is -0.378 e. The summed E-state index contributed by atoms with van der Waals surface area (Å²) in [6.45, 7) is 25.3. The first-order valence-corrected chi connectivity index (χ1v) is 12.9. The zero-order chi connectivity index (χ0) is 22.7. The molecule has 0 saturated carbocycles. The van der Waals surface area contributed by atoms with Gasteiger partial charge < -0.3 is 9.26 Å². The minimum absolute atomic E-state index is 0.141. The van der Waals surface area contributed by atoms with Crippen LogP contribution < -0.4 is 0 Å². The normalized spacial score (nSPS) is 12.5. The lowest BCUT2D eigenvalue weighted by atomic mass is 10.2. The Balaban J connectivity index is 4.69. The predicted octanol–water partition coefficient (Wildman–Crippen LogP) is 6.10. The fourth-order valence-electron chi connectivity index (χ4n) is 3.02. The summed E-state index contributed by atoms with van der Waals surface area (Å²) in [5, 5.41) is 0.141. The lowest BCUT2D eigenvalue weighted by Crippen LogP contribution is -2.43. The maximum absolute atomic E-state index is 12.0. The molecular formula is C22H45N2O3PS. The highest BCUT2D eigenvalue weighted by Gasteiger charge is 2.34. The number of carbonyl (C=O) groups excluding carboxylic acids is 1. The highest BCUT2D eigenvalue weighted by Crippen LogP contribution is 2.50. The molecule has 0 aromatic carbocycles. The van der Waals surface area contributed by atoms with Crippen LogP contribution in [0, 0.1) is 0 Å². The van der Waals surface area contributed by atoms with Crippen molar-refractivity contribution in [1.29, 1.82) is 0 Å². The van der Waals surface area contributed by atoms with E-state index in [1.54, 1.807) is 0 Å². The smallest absolute Gasteiger partial charge is 0.215 e. The van der Waals surface area contributed by atoms with Gasteiger partial charge in [0.15, 0.2) is 8.45 Å². The zero-order valence-electron chi connectivity index (χ0n) is 20.6. The molecule has 0 saturated heterocycles. The topological polar surface area (TPSA) is 42.0 Å². The summed E-state index contributed by atoms with van der Waals surface area (Å²) in [4.78, 5) is 12.0. The van der Waals surface area contributed by atoms with Gasteiger partial charge in [-0.2, -0.15) is 0 Å². The average molecular weight is 449 g/mol. The monoisotopic (exact) mass is 448 g/mol. The van der Waals surface area contributed by atoms with Gasteiger partial charge >= 0.3 is 0 Å². The number of rotatable bonds is 14. The van der Waals surface area contributed by atoms with Gasteiger partial charge in [0.2, 0.25) is 5.12 Å². The quantitative estimate of drug-likeness (QED) is 0.182. The van der Waals surface area contributed by atoms with Gasteiger partial charge in [-0.05, 0) is 76.2 Å². The number of nitrogens with zero attached hydrogens (tertiary/aromatic N) is 2. The third kappa shape index (κ3) is 10.8. The maximum Gasteiger partial charge on any atom is 0.215 e. The third-order valence-electron chi connectivity index (χ3n) is 4.46.